The molecule has 0 unspecified atom stereocenters. The molecule has 0 spiro atoms. The maximum Gasteiger partial charge on any atom is 0.0727 e. The molecule has 0 saturated heterocycles. The second kappa shape index (κ2) is 10.4. The molecular weight excluding hydrogens is 302 g/mol. The Morgan fingerprint density at radius 3 is 2.68 bits per heavy atom. The van der Waals surface area contributed by atoms with Gasteiger partial charge in [0, 0.05) is 17.6 Å². The van der Waals surface area contributed by atoms with Gasteiger partial charge in [-0.15, -0.1) is 0 Å². The van der Waals surface area contributed by atoms with E-state index in [1.807, 2.05) is 0 Å². The fourth-order valence-electron chi connectivity index (χ4n) is 1.90. The summed E-state index contributed by atoms with van der Waals surface area (Å²) in [5.74, 6) is 0. The molecule has 1 aromatic carbocycles. The van der Waals surface area contributed by atoms with E-state index in [1.54, 1.807) is 0 Å². The van der Waals surface area contributed by atoms with E-state index in [1.165, 1.54) is 36.8 Å². The molecule has 1 rings (SSSR count). The molecular formula is C16H26BrNO. The van der Waals surface area contributed by atoms with Crippen molar-refractivity contribution < 1.29 is 4.74 Å². The van der Waals surface area contributed by atoms with Gasteiger partial charge in [-0.05, 0) is 30.2 Å². The van der Waals surface area contributed by atoms with Crippen molar-refractivity contribution in [2.75, 3.05) is 13.2 Å². The van der Waals surface area contributed by atoms with Gasteiger partial charge < -0.3 is 10.1 Å². The highest BCUT2D eigenvalue weighted by Gasteiger charge is 2.02. The maximum absolute atomic E-state index is 5.72. The van der Waals surface area contributed by atoms with E-state index in [4.69, 9.17) is 4.74 Å². The molecule has 0 bridgehead atoms. The first kappa shape index (κ1) is 16.7. The zero-order valence-corrected chi connectivity index (χ0v) is 13.8. The van der Waals surface area contributed by atoms with Crippen LogP contribution in [0.3, 0.4) is 0 Å². The van der Waals surface area contributed by atoms with Crippen LogP contribution in [0, 0.1) is 0 Å². The molecule has 0 amide bonds. The quantitative estimate of drug-likeness (QED) is 0.631. The van der Waals surface area contributed by atoms with Gasteiger partial charge in [0.15, 0.2) is 0 Å². The largest absolute Gasteiger partial charge is 0.377 e. The third-order valence-electron chi connectivity index (χ3n) is 3.10. The van der Waals surface area contributed by atoms with Crippen molar-refractivity contribution in [3.63, 3.8) is 0 Å². The Kier molecular flexibility index (Phi) is 9.14. The first-order chi connectivity index (χ1) is 9.27. The molecule has 0 radical (unpaired) electrons. The molecule has 3 heteroatoms. The van der Waals surface area contributed by atoms with Gasteiger partial charge in [0.25, 0.3) is 0 Å². The molecule has 2 nitrogen and oxygen atoms in total. The lowest BCUT2D eigenvalue weighted by Crippen LogP contribution is -2.11. The Labute approximate surface area is 126 Å². The molecule has 1 aromatic rings. The van der Waals surface area contributed by atoms with Crippen LogP contribution in [0.15, 0.2) is 22.7 Å². The van der Waals surface area contributed by atoms with Crippen molar-refractivity contribution in [3.05, 3.63) is 33.8 Å². The highest BCUT2D eigenvalue weighted by molar-refractivity contribution is 9.10. The molecule has 0 fully saturated rings. The van der Waals surface area contributed by atoms with Crippen LogP contribution in [0.25, 0.3) is 0 Å². The second-order valence-corrected chi connectivity index (χ2v) is 5.67. The van der Waals surface area contributed by atoms with E-state index in [0.29, 0.717) is 6.61 Å². The van der Waals surface area contributed by atoms with Gasteiger partial charge in [0.1, 0.15) is 0 Å². The van der Waals surface area contributed by atoms with E-state index in [9.17, 15) is 0 Å². The summed E-state index contributed by atoms with van der Waals surface area (Å²) >= 11 is 3.63. The van der Waals surface area contributed by atoms with Crippen LogP contribution in [-0.4, -0.2) is 13.2 Å². The second-order valence-electron chi connectivity index (χ2n) is 4.82. The molecule has 0 heterocycles. The number of nitrogens with one attached hydrogen (secondary N) is 1. The summed E-state index contributed by atoms with van der Waals surface area (Å²) in [4.78, 5) is 0. The average molecular weight is 328 g/mol. The van der Waals surface area contributed by atoms with Crippen LogP contribution in [0.1, 0.15) is 50.7 Å². The van der Waals surface area contributed by atoms with Crippen molar-refractivity contribution >= 4 is 15.9 Å². The predicted octanol–water partition coefficient (Wildman–Crippen LogP) is 4.66. The van der Waals surface area contributed by atoms with Gasteiger partial charge in [-0.1, -0.05) is 61.2 Å². The molecule has 0 aliphatic carbocycles. The standard InChI is InChI=1S/C16H26BrNO/c1-3-5-6-7-10-19-13-15-9-8-14(11-16(15)17)12-18-4-2/h8-9,11,18H,3-7,10,12-13H2,1-2H3. The van der Waals surface area contributed by atoms with Crippen molar-refractivity contribution in [1.82, 2.24) is 5.32 Å². The number of hydrogen-bond donors (Lipinski definition) is 1. The third kappa shape index (κ3) is 7.09. The van der Waals surface area contributed by atoms with Gasteiger partial charge in [-0.3, -0.25) is 0 Å². The monoisotopic (exact) mass is 327 g/mol. The summed E-state index contributed by atoms with van der Waals surface area (Å²) in [6.07, 6.45) is 5.04. The molecule has 0 atom stereocenters. The van der Waals surface area contributed by atoms with E-state index >= 15 is 0 Å². The van der Waals surface area contributed by atoms with E-state index in [0.717, 1.165) is 24.2 Å². The fraction of sp³-hybridized carbons (Fsp3) is 0.625. The molecule has 19 heavy (non-hydrogen) atoms. The Hall–Kier alpha value is -0.380. The van der Waals surface area contributed by atoms with Crippen LogP contribution >= 0.6 is 15.9 Å². The van der Waals surface area contributed by atoms with Gasteiger partial charge in [0.05, 0.1) is 6.61 Å². The third-order valence-corrected chi connectivity index (χ3v) is 3.83. The van der Waals surface area contributed by atoms with Crippen molar-refractivity contribution in [3.8, 4) is 0 Å². The highest BCUT2D eigenvalue weighted by atomic mass is 79.9. The minimum atomic E-state index is 0.703. The van der Waals surface area contributed by atoms with Crippen LogP contribution in [0.4, 0.5) is 0 Å². The summed E-state index contributed by atoms with van der Waals surface area (Å²) in [6.45, 7) is 7.84. The lowest BCUT2D eigenvalue weighted by Gasteiger charge is -2.09. The summed E-state index contributed by atoms with van der Waals surface area (Å²) < 4.78 is 6.87. The first-order valence-corrected chi connectivity index (χ1v) is 8.13. The van der Waals surface area contributed by atoms with E-state index in [2.05, 4.69) is 53.3 Å². The van der Waals surface area contributed by atoms with E-state index < -0.39 is 0 Å². The number of rotatable bonds is 10. The van der Waals surface area contributed by atoms with E-state index in [-0.39, 0.29) is 0 Å². The SMILES string of the molecule is CCCCCCOCc1ccc(CNCC)cc1Br. The molecule has 1 N–H and O–H groups in total. The topological polar surface area (TPSA) is 21.3 Å². The zero-order chi connectivity index (χ0) is 13.9. The van der Waals surface area contributed by atoms with Gasteiger partial charge in [-0.25, -0.2) is 0 Å². The smallest absolute Gasteiger partial charge is 0.0727 e. The Bertz CT molecular complexity index is 355. The maximum atomic E-state index is 5.72. The number of halogens is 1. The highest BCUT2D eigenvalue weighted by Crippen LogP contribution is 2.19. The van der Waals surface area contributed by atoms with Crippen molar-refractivity contribution in [2.24, 2.45) is 0 Å². The van der Waals surface area contributed by atoms with Crippen LogP contribution < -0.4 is 5.32 Å². The number of hydrogen-bond acceptors (Lipinski definition) is 2. The molecule has 0 aliphatic heterocycles. The molecule has 108 valence electrons. The summed E-state index contributed by atoms with van der Waals surface area (Å²) in [7, 11) is 0. The van der Waals surface area contributed by atoms with Crippen molar-refractivity contribution in [2.45, 2.75) is 52.7 Å². The molecule has 0 saturated carbocycles. The Morgan fingerprint density at radius 2 is 2.00 bits per heavy atom. The van der Waals surface area contributed by atoms with Crippen LogP contribution in [-0.2, 0) is 17.9 Å². The molecule has 0 aliphatic rings. The fourth-order valence-corrected chi connectivity index (χ4v) is 2.44. The number of ether oxygens (including phenoxy) is 1. The minimum absolute atomic E-state index is 0.703. The lowest BCUT2D eigenvalue weighted by molar-refractivity contribution is 0.116. The van der Waals surface area contributed by atoms with Crippen molar-refractivity contribution in [1.29, 1.82) is 0 Å². The summed E-state index contributed by atoms with van der Waals surface area (Å²) in [6, 6.07) is 6.50. The van der Waals surface area contributed by atoms with Crippen LogP contribution in [0.2, 0.25) is 0 Å². The van der Waals surface area contributed by atoms with Gasteiger partial charge in [0.2, 0.25) is 0 Å². The Morgan fingerprint density at radius 1 is 1.16 bits per heavy atom. The zero-order valence-electron chi connectivity index (χ0n) is 12.2. The predicted molar refractivity (Wildman–Crippen MR) is 85.3 cm³/mol. The van der Waals surface area contributed by atoms with Gasteiger partial charge >= 0.3 is 0 Å². The first-order valence-electron chi connectivity index (χ1n) is 7.33. The normalized spacial score (nSPS) is 10.9. The number of unbranched alkanes of at least 4 members (excludes halogenated alkanes) is 3. The molecule has 0 aromatic heterocycles. The summed E-state index contributed by atoms with van der Waals surface area (Å²) in [5.41, 5.74) is 2.54. The minimum Gasteiger partial charge on any atom is -0.377 e. The lowest BCUT2D eigenvalue weighted by atomic mass is 10.1. The Balaban J connectivity index is 2.29. The summed E-state index contributed by atoms with van der Waals surface area (Å²) in [5, 5.41) is 3.33. The van der Waals surface area contributed by atoms with Gasteiger partial charge in [-0.2, -0.15) is 0 Å². The van der Waals surface area contributed by atoms with Crippen LogP contribution in [0.5, 0.6) is 0 Å². The average Bonchev–Trinajstić information content (AvgIpc) is 2.42. The number of benzene rings is 1.